The Balaban J connectivity index is 2.03. The van der Waals surface area contributed by atoms with Gasteiger partial charge in [0.05, 0.1) is 0 Å². The molecule has 0 heterocycles. The van der Waals surface area contributed by atoms with Crippen LogP contribution >= 0.6 is 0 Å². The Morgan fingerprint density at radius 3 is 2.22 bits per heavy atom. The largest absolute Gasteiger partial charge is 0.448 e. The van der Waals surface area contributed by atoms with Crippen molar-refractivity contribution in [2.75, 3.05) is 5.32 Å². The molecular weight excluding hydrogens is 340 g/mol. The molecule has 0 bridgehead atoms. The Morgan fingerprint density at radius 1 is 1.04 bits per heavy atom. The van der Waals surface area contributed by atoms with Gasteiger partial charge in [-0.1, -0.05) is 56.3 Å². The number of rotatable bonds is 6. The number of nitrogens with one attached hydrogen (secondary N) is 1. The second-order valence-electron chi connectivity index (χ2n) is 6.39. The molecule has 2 rings (SSSR count). The summed E-state index contributed by atoms with van der Waals surface area (Å²) >= 11 is 0. The van der Waals surface area contributed by atoms with Crippen molar-refractivity contribution in [3.8, 4) is 6.07 Å². The lowest BCUT2D eigenvalue weighted by Gasteiger charge is -2.13. The minimum atomic E-state index is -1.03. The Morgan fingerprint density at radius 2 is 1.67 bits per heavy atom. The van der Waals surface area contributed by atoms with Crippen molar-refractivity contribution in [3.05, 3.63) is 71.3 Å². The van der Waals surface area contributed by atoms with Crippen LogP contribution in [0.2, 0.25) is 0 Å². The standard InChI is InChI=1S/C22H22N2O3/c1-15(2)18-11-9-17(10-12-18)13-19(14-23)22(26)27-16(3)21(25)24-20-7-5-4-6-8-20/h4-13,15-16H,1-3H3,(H,24,25)/b19-13+/t16-/m0/s1. The first-order valence-electron chi connectivity index (χ1n) is 8.69. The second-order valence-corrected chi connectivity index (χ2v) is 6.39. The molecule has 138 valence electrons. The molecule has 1 amide bonds. The van der Waals surface area contributed by atoms with Crippen molar-refractivity contribution >= 4 is 23.6 Å². The van der Waals surface area contributed by atoms with Crippen molar-refractivity contribution in [2.45, 2.75) is 32.8 Å². The van der Waals surface area contributed by atoms with Gasteiger partial charge in [0.15, 0.2) is 6.10 Å². The summed E-state index contributed by atoms with van der Waals surface area (Å²) in [6.07, 6.45) is 0.423. The van der Waals surface area contributed by atoms with Crippen molar-refractivity contribution in [3.63, 3.8) is 0 Å². The van der Waals surface area contributed by atoms with Crippen molar-refractivity contribution < 1.29 is 14.3 Å². The Labute approximate surface area is 159 Å². The molecule has 0 saturated carbocycles. The zero-order valence-corrected chi connectivity index (χ0v) is 15.6. The molecule has 0 radical (unpaired) electrons. The van der Waals surface area contributed by atoms with Gasteiger partial charge in [0, 0.05) is 5.69 Å². The zero-order valence-electron chi connectivity index (χ0n) is 15.6. The summed E-state index contributed by atoms with van der Waals surface area (Å²) in [5, 5.41) is 11.9. The topological polar surface area (TPSA) is 79.2 Å². The van der Waals surface area contributed by atoms with Crippen LogP contribution in [-0.2, 0) is 14.3 Å². The van der Waals surface area contributed by atoms with Gasteiger partial charge in [-0.25, -0.2) is 4.79 Å². The maximum atomic E-state index is 12.2. The molecular formula is C22H22N2O3. The van der Waals surface area contributed by atoms with E-state index in [2.05, 4.69) is 19.2 Å². The van der Waals surface area contributed by atoms with Crippen molar-refractivity contribution in [1.29, 1.82) is 5.26 Å². The SMILES string of the molecule is CC(C)c1ccc(/C=C(\C#N)C(=O)O[C@@H](C)C(=O)Nc2ccccc2)cc1. The van der Waals surface area contributed by atoms with Gasteiger partial charge in [-0.05, 0) is 42.2 Å². The summed E-state index contributed by atoms with van der Waals surface area (Å²) in [4.78, 5) is 24.4. The molecule has 0 aliphatic heterocycles. The maximum Gasteiger partial charge on any atom is 0.349 e. The lowest BCUT2D eigenvalue weighted by Crippen LogP contribution is -2.30. The predicted molar refractivity (Wildman–Crippen MR) is 105 cm³/mol. The number of nitrogens with zero attached hydrogens (tertiary/aromatic N) is 1. The number of para-hydroxylation sites is 1. The van der Waals surface area contributed by atoms with Crippen LogP contribution in [0.25, 0.3) is 6.08 Å². The summed E-state index contributed by atoms with van der Waals surface area (Å²) in [7, 11) is 0. The molecule has 0 aliphatic rings. The number of carbonyl (C=O) groups is 2. The summed E-state index contributed by atoms with van der Waals surface area (Å²) in [6, 6.07) is 18.3. The molecule has 5 heteroatoms. The summed E-state index contributed by atoms with van der Waals surface area (Å²) in [5.74, 6) is -0.901. The van der Waals surface area contributed by atoms with E-state index in [4.69, 9.17) is 4.74 Å². The lowest BCUT2D eigenvalue weighted by atomic mass is 10.0. The van der Waals surface area contributed by atoms with Gasteiger partial charge in [-0.2, -0.15) is 5.26 Å². The Kier molecular flexibility index (Phi) is 6.90. The van der Waals surface area contributed by atoms with Gasteiger partial charge in [-0.15, -0.1) is 0 Å². The van der Waals surface area contributed by atoms with Crippen molar-refractivity contribution in [2.24, 2.45) is 0 Å². The highest BCUT2D eigenvalue weighted by Gasteiger charge is 2.20. The van der Waals surface area contributed by atoms with Gasteiger partial charge >= 0.3 is 5.97 Å². The van der Waals surface area contributed by atoms with Crippen LogP contribution in [0.5, 0.6) is 0 Å². The fraction of sp³-hybridized carbons (Fsp3) is 0.227. The van der Waals surface area contributed by atoms with E-state index in [9.17, 15) is 14.9 Å². The molecule has 0 spiro atoms. The molecule has 0 unspecified atom stereocenters. The molecule has 5 nitrogen and oxygen atoms in total. The van der Waals surface area contributed by atoms with Crippen LogP contribution in [0.1, 0.15) is 37.8 Å². The highest BCUT2D eigenvalue weighted by atomic mass is 16.5. The predicted octanol–water partition coefficient (Wildman–Crippen LogP) is 4.29. The number of nitriles is 1. The number of carbonyl (C=O) groups excluding carboxylic acids is 2. The second kappa shape index (κ2) is 9.35. The molecule has 0 saturated heterocycles. The van der Waals surface area contributed by atoms with Gasteiger partial charge in [0.1, 0.15) is 11.6 Å². The summed E-state index contributed by atoms with van der Waals surface area (Å²) in [5.41, 5.74) is 2.33. The number of esters is 1. The third kappa shape index (κ3) is 5.82. The van der Waals surface area contributed by atoms with E-state index in [1.165, 1.54) is 18.6 Å². The van der Waals surface area contributed by atoms with E-state index in [0.717, 1.165) is 0 Å². The number of ether oxygens (including phenoxy) is 1. The fourth-order valence-corrected chi connectivity index (χ4v) is 2.32. The van der Waals surface area contributed by atoms with Crippen molar-refractivity contribution in [1.82, 2.24) is 0 Å². The summed E-state index contributed by atoms with van der Waals surface area (Å²) in [6.45, 7) is 5.64. The van der Waals surface area contributed by atoms with E-state index >= 15 is 0 Å². The maximum absolute atomic E-state index is 12.2. The first-order chi connectivity index (χ1) is 12.9. The van der Waals surface area contributed by atoms with E-state index < -0.39 is 18.0 Å². The first kappa shape index (κ1) is 19.9. The highest BCUT2D eigenvalue weighted by molar-refractivity contribution is 6.01. The number of amides is 1. The molecule has 1 N–H and O–H groups in total. The van der Waals surface area contributed by atoms with Crippen LogP contribution in [0.15, 0.2) is 60.2 Å². The average molecular weight is 362 g/mol. The minimum absolute atomic E-state index is 0.161. The Hall–Kier alpha value is -3.39. The molecule has 2 aromatic rings. The van der Waals surface area contributed by atoms with Crippen LogP contribution in [0.3, 0.4) is 0 Å². The quantitative estimate of drug-likeness (QED) is 0.472. The number of hydrogen-bond acceptors (Lipinski definition) is 4. The van der Waals surface area contributed by atoms with E-state index in [1.54, 1.807) is 24.3 Å². The first-order valence-corrected chi connectivity index (χ1v) is 8.69. The normalized spacial score (nSPS) is 12.2. The fourth-order valence-electron chi connectivity index (χ4n) is 2.32. The molecule has 0 aromatic heterocycles. The average Bonchev–Trinajstić information content (AvgIpc) is 2.67. The number of hydrogen-bond donors (Lipinski definition) is 1. The van der Waals surface area contributed by atoms with Crippen LogP contribution < -0.4 is 5.32 Å². The molecule has 27 heavy (non-hydrogen) atoms. The van der Waals surface area contributed by atoms with Gasteiger partial charge in [-0.3, -0.25) is 4.79 Å². The van der Waals surface area contributed by atoms with Gasteiger partial charge in [0.2, 0.25) is 0 Å². The highest BCUT2D eigenvalue weighted by Crippen LogP contribution is 2.17. The number of anilines is 1. The third-order valence-corrected chi connectivity index (χ3v) is 3.95. The van der Waals surface area contributed by atoms with Gasteiger partial charge < -0.3 is 10.1 Å². The zero-order chi connectivity index (χ0) is 19.8. The van der Waals surface area contributed by atoms with E-state index in [1.807, 2.05) is 36.4 Å². The molecule has 0 fully saturated rings. The van der Waals surface area contributed by atoms with E-state index in [0.29, 0.717) is 17.2 Å². The summed E-state index contributed by atoms with van der Waals surface area (Å²) < 4.78 is 5.13. The smallest absolute Gasteiger partial charge is 0.349 e. The molecule has 2 aromatic carbocycles. The molecule has 1 atom stereocenters. The van der Waals surface area contributed by atoms with E-state index in [-0.39, 0.29) is 5.57 Å². The van der Waals surface area contributed by atoms with Crippen LogP contribution in [0.4, 0.5) is 5.69 Å². The van der Waals surface area contributed by atoms with Crippen LogP contribution in [0, 0.1) is 11.3 Å². The Bertz CT molecular complexity index is 863. The lowest BCUT2D eigenvalue weighted by molar-refractivity contribution is -0.148. The van der Waals surface area contributed by atoms with Crippen LogP contribution in [-0.4, -0.2) is 18.0 Å². The molecule has 0 aliphatic carbocycles. The third-order valence-electron chi connectivity index (χ3n) is 3.95. The number of benzene rings is 2. The van der Waals surface area contributed by atoms with Gasteiger partial charge in [0.25, 0.3) is 5.91 Å². The minimum Gasteiger partial charge on any atom is -0.448 e. The monoisotopic (exact) mass is 362 g/mol.